The molecule has 0 spiro atoms. The maximum Gasteiger partial charge on any atom is 0.123 e. The first-order valence-electron chi connectivity index (χ1n) is 8.05. The van der Waals surface area contributed by atoms with Crippen LogP contribution < -0.4 is 5.32 Å². The van der Waals surface area contributed by atoms with Crippen molar-refractivity contribution >= 4 is 0 Å². The Hall–Kier alpha value is -0.890. The van der Waals surface area contributed by atoms with Crippen LogP contribution >= 0.6 is 0 Å². The monoisotopic (exact) mass is 275 g/mol. The maximum atomic E-state index is 13.1. The highest BCUT2D eigenvalue weighted by atomic mass is 19.1. The highest BCUT2D eigenvalue weighted by Gasteiger charge is 2.35. The topological polar surface area (TPSA) is 12.0 Å². The van der Waals surface area contributed by atoms with E-state index in [1.807, 2.05) is 12.1 Å². The third-order valence-corrected chi connectivity index (χ3v) is 5.08. The Morgan fingerprint density at radius 1 is 1.05 bits per heavy atom. The van der Waals surface area contributed by atoms with Crippen molar-refractivity contribution in [1.82, 2.24) is 5.32 Å². The molecular formula is C18H26FN. The van der Waals surface area contributed by atoms with E-state index >= 15 is 0 Å². The van der Waals surface area contributed by atoms with Crippen LogP contribution in [-0.2, 0) is 0 Å². The first-order valence-corrected chi connectivity index (χ1v) is 8.05. The van der Waals surface area contributed by atoms with Crippen LogP contribution in [0.2, 0.25) is 0 Å². The quantitative estimate of drug-likeness (QED) is 0.829. The van der Waals surface area contributed by atoms with Gasteiger partial charge in [0.2, 0.25) is 0 Å². The van der Waals surface area contributed by atoms with E-state index in [0.29, 0.717) is 17.5 Å². The van der Waals surface area contributed by atoms with Gasteiger partial charge in [-0.3, -0.25) is 0 Å². The first-order chi connectivity index (χ1) is 9.53. The third kappa shape index (κ3) is 3.41. The van der Waals surface area contributed by atoms with Crippen LogP contribution in [0.3, 0.4) is 0 Å². The van der Waals surface area contributed by atoms with E-state index in [4.69, 9.17) is 0 Å². The molecule has 0 aromatic heterocycles. The first kappa shape index (κ1) is 14.1. The van der Waals surface area contributed by atoms with Crippen LogP contribution in [0.15, 0.2) is 24.3 Å². The molecule has 1 atom stereocenters. The van der Waals surface area contributed by atoms with E-state index in [2.05, 4.69) is 19.2 Å². The van der Waals surface area contributed by atoms with Crippen LogP contribution in [0.4, 0.5) is 4.39 Å². The molecule has 2 aliphatic rings. The summed E-state index contributed by atoms with van der Waals surface area (Å²) >= 11 is 0. The van der Waals surface area contributed by atoms with Gasteiger partial charge in [0, 0.05) is 12.1 Å². The lowest BCUT2D eigenvalue weighted by Gasteiger charge is -2.36. The fraction of sp³-hybridized carbons (Fsp3) is 0.667. The minimum atomic E-state index is -0.136. The fourth-order valence-electron chi connectivity index (χ4n) is 3.42. The summed E-state index contributed by atoms with van der Waals surface area (Å²) in [7, 11) is 0. The van der Waals surface area contributed by atoms with Crippen molar-refractivity contribution in [3.05, 3.63) is 35.6 Å². The Balaban J connectivity index is 1.65. The molecule has 0 aliphatic heterocycles. The summed E-state index contributed by atoms with van der Waals surface area (Å²) in [5.41, 5.74) is 1.78. The number of benzene rings is 1. The molecule has 2 saturated carbocycles. The fourth-order valence-corrected chi connectivity index (χ4v) is 3.42. The van der Waals surface area contributed by atoms with Crippen LogP contribution in [0.1, 0.15) is 64.0 Å². The lowest BCUT2D eigenvalue weighted by molar-refractivity contribution is 0.195. The van der Waals surface area contributed by atoms with Crippen LogP contribution in [0, 0.1) is 17.2 Å². The summed E-state index contributed by atoms with van der Waals surface area (Å²) in [6.45, 7) is 4.75. The van der Waals surface area contributed by atoms with Crippen molar-refractivity contribution in [2.75, 3.05) is 0 Å². The number of hydrogen-bond acceptors (Lipinski definition) is 1. The summed E-state index contributed by atoms with van der Waals surface area (Å²) in [5, 5.41) is 3.87. The van der Waals surface area contributed by atoms with Gasteiger partial charge in [-0.25, -0.2) is 4.39 Å². The summed E-state index contributed by atoms with van der Waals surface area (Å²) in [5.74, 6) is 0.623. The molecule has 0 radical (unpaired) electrons. The molecule has 1 unspecified atom stereocenters. The Bertz CT molecular complexity index is 437. The van der Waals surface area contributed by atoms with E-state index in [1.54, 1.807) is 12.1 Å². The summed E-state index contributed by atoms with van der Waals surface area (Å²) in [4.78, 5) is 0. The maximum absolute atomic E-state index is 13.1. The van der Waals surface area contributed by atoms with E-state index in [0.717, 1.165) is 5.92 Å². The van der Waals surface area contributed by atoms with Crippen molar-refractivity contribution in [2.45, 2.75) is 64.5 Å². The Morgan fingerprint density at radius 2 is 1.65 bits per heavy atom. The second-order valence-electron chi connectivity index (χ2n) is 7.47. The highest BCUT2D eigenvalue weighted by Crippen LogP contribution is 2.43. The molecule has 2 fully saturated rings. The molecule has 3 rings (SSSR count). The van der Waals surface area contributed by atoms with Crippen molar-refractivity contribution in [1.29, 1.82) is 0 Å². The molecule has 0 amide bonds. The molecule has 1 aromatic carbocycles. The highest BCUT2D eigenvalue weighted by molar-refractivity contribution is 5.22. The molecule has 0 heterocycles. The Labute approximate surface area is 122 Å². The van der Waals surface area contributed by atoms with Crippen molar-refractivity contribution in [3.63, 3.8) is 0 Å². The summed E-state index contributed by atoms with van der Waals surface area (Å²) < 4.78 is 13.1. The Morgan fingerprint density at radius 3 is 2.20 bits per heavy atom. The average Bonchev–Trinajstić information content (AvgIpc) is 3.23. The van der Waals surface area contributed by atoms with Crippen molar-refractivity contribution < 1.29 is 4.39 Å². The van der Waals surface area contributed by atoms with Crippen LogP contribution in [0.5, 0.6) is 0 Å². The van der Waals surface area contributed by atoms with Crippen LogP contribution in [-0.4, -0.2) is 6.04 Å². The van der Waals surface area contributed by atoms with Gasteiger partial charge in [-0.1, -0.05) is 26.0 Å². The lowest BCUT2D eigenvalue weighted by Crippen LogP contribution is -2.38. The van der Waals surface area contributed by atoms with Crippen LogP contribution in [0.25, 0.3) is 0 Å². The zero-order valence-corrected chi connectivity index (χ0v) is 12.7. The molecule has 0 saturated heterocycles. The molecular weight excluding hydrogens is 249 g/mol. The van der Waals surface area contributed by atoms with E-state index in [9.17, 15) is 4.39 Å². The number of rotatable bonds is 4. The molecule has 110 valence electrons. The van der Waals surface area contributed by atoms with E-state index < -0.39 is 0 Å². The minimum Gasteiger partial charge on any atom is -0.307 e. The standard InChI is InChI=1S/C18H26FN/c1-18(2)11-9-16(10-12-18)20-17(13-3-4-13)14-5-7-15(19)8-6-14/h5-8,13,16-17,20H,3-4,9-12H2,1-2H3. The van der Waals surface area contributed by atoms with E-state index in [-0.39, 0.29) is 5.82 Å². The van der Waals surface area contributed by atoms with Gasteiger partial charge in [-0.2, -0.15) is 0 Å². The van der Waals surface area contributed by atoms with Gasteiger partial charge >= 0.3 is 0 Å². The van der Waals surface area contributed by atoms with Gasteiger partial charge in [0.05, 0.1) is 0 Å². The van der Waals surface area contributed by atoms with Gasteiger partial charge in [0.15, 0.2) is 0 Å². The molecule has 2 heteroatoms. The molecule has 1 N–H and O–H groups in total. The zero-order chi connectivity index (χ0) is 14.2. The van der Waals surface area contributed by atoms with Gasteiger partial charge in [0.25, 0.3) is 0 Å². The zero-order valence-electron chi connectivity index (χ0n) is 12.7. The predicted molar refractivity (Wildman–Crippen MR) is 81.0 cm³/mol. The second-order valence-corrected chi connectivity index (χ2v) is 7.47. The normalized spacial score (nSPS) is 24.6. The second kappa shape index (κ2) is 5.48. The summed E-state index contributed by atoms with van der Waals surface area (Å²) in [6, 6.07) is 8.17. The minimum absolute atomic E-state index is 0.136. The number of hydrogen-bond donors (Lipinski definition) is 1. The SMILES string of the molecule is CC1(C)CCC(NC(c2ccc(F)cc2)C2CC2)CC1. The lowest BCUT2D eigenvalue weighted by atomic mass is 9.75. The molecule has 2 aliphatic carbocycles. The van der Waals surface area contributed by atoms with Crippen molar-refractivity contribution in [2.24, 2.45) is 11.3 Å². The van der Waals surface area contributed by atoms with Gasteiger partial charge in [-0.15, -0.1) is 0 Å². The molecule has 1 aromatic rings. The predicted octanol–water partition coefficient (Wildman–Crippen LogP) is 4.84. The smallest absolute Gasteiger partial charge is 0.123 e. The number of halogens is 1. The average molecular weight is 275 g/mol. The largest absolute Gasteiger partial charge is 0.307 e. The number of nitrogens with one attached hydrogen (secondary N) is 1. The van der Waals surface area contributed by atoms with Crippen molar-refractivity contribution in [3.8, 4) is 0 Å². The molecule has 1 nitrogen and oxygen atoms in total. The molecule has 20 heavy (non-hydrogen) atoms. The Kier molecular flexibility index (Phi) is 3.85. The molecule has 0 bridgehead atoms. The summed E-state index contributed by atoms with van der Waals surface area (Å²) in [6.07, 6.45) is 7.80. The van der Waals surface area contributed by atoms with Gasteiger partial charge < -0.3 is 5.32 Å². The van der Waals surface area contributed by atoms with Gasteiger partial charge in [-0.05, 0) is 67.6 Å². The van der Waals surface area contributed by atoms with Gasteiger partial charge in [0.1, 0.15) is 5.82 Å². The third-order valence-electron chi connectivity index (χ3n) is 5.08. The van der Waals surface area contributed by atoms with E-state index in [1.165, 1.54) is 44.1 Å².